The Morgan fingerprint density at radius 3 is 2.62 bits per heavy atom. The predicted octanol–water partition coefficient (Wildman–Crippen LogP) is 3.13. The lowest BCUT2D eigenvalue weighted by molar-refractivity contribution is -0.124. The molecule has 29 heavy (non-hydrogen) atoms. The molecule has 0 spiro atoms. The van der Waals surface area contributed by atoms with Crippen molar-refractivity contribution in [3.05, 3.63) is 65.3 Å². The minimum absolute atomic E-state index is 0.00448. The van der Waals surface area contributed by atoms with Crippen LogP contribution in [0.3, 0.4) is 0 Å². The van der Waals surface area contributed by atoms with Crippen LogP contribution in [0.5, 0.6) is 0 Å². The van der Waals surface area contributed by atoms with Gasteiger partial charge in [0.2, 0.25) is 17.7 Å². The van der Waals surface area contributed by atoms with Crippen molar-refractivity contribution in [1.29, 1.82) is 0 Å². The van der Waals surface area contributed by atoms with Gasteiger partial charge in [-0.25, -0.2) is 4.98 Å². The molecule has 0 bridgehead atoms. The normalized spacial score (nSPS) is 10.9. The third-order valence-electron chi connectivity index (χ3n) is 4.25. The van der Waals surface area contributed by atoms with Gasteiger partial charge < -0.3 is 9.73 Å². The number of hydrogen-bond acceptors (Lipinski definition) is 7. The number of nitrogens with one attached hydrogen (secondary N) is 1. The number of carbonyl (C=O) groups excluding carboxylic acids is 2. The molecular weight excluding hydrogens is 388 g/mol. The van der Waals surface area contributed by atoms with Crippen LogP contribution in [-0.2, 0) is 22.4 Å². The van der Waals surface area contributed by atoms with Gasteiger partial charge in [-0.15, -0.1) is 21.5 Å². The molecule has 0 saturated carbocycles. The van der Waals surface area contributed by atoms with Gasteiger partial charge >= 0.3 is 0 Å². The maximum absolute atomic E-state index is 12.2. The maximum atomic E-state index is 12.2. The molecule has 8 heteroatoms. The molecule has 7 nitrogen and oxygen atoms in total. The van der Waals surface area contributed by atoms with E-state index in [1.807, 2.05) is 30.3 Å². The molecule has 0 unspecified atom stereocenters. The molecule has 1 amide bonds. The lowest BCUT2D eigenvalue weighted by atomic mass is 10.1. The Morgan fingerprint density at radius 1 is 1.03 bits per heavy atom. The lowest BCUT2D eigenvalue weighted by Gasteiger charge is -2.01. The zero-order chi connectivity index (χ0) is 20.2. The first-order chi connectivity index (χ1) is 14.1. The van der Waals surface area contributed by atoms with E-state index in [4.69, 9.17) is 4.42 Å². The molecule has 2 aromatic heterocycles. The van der Waals surface area contributed by atoms with Gasteiger partial charge in [-0.3, -0.25) is 9.59 Å². The number of hydrogen-bond donors (Lipinski definition) is 1. The number of nitrogens with zero attached hydrogens (tertiary/aromatic N) is 3. The summed E-state index contributed by atoms with van der Waals surface area (Å²) in [4.78, 5) is 28.7. The molecule has 0 aliphatic carbocycles. The third kappa shape index (κ3) is 4.72. The summed E-state index contributed by atoms with van der Waals surface area (Å²) in [6.45, 7) is 1.58. The van der Waals surface area contributed by atoms with Gasteiger partial charge in [0, 0.05) is 6.92 Å². The number of fused-ring (bicyclic) bond motifs is 1. The van der Waals surface area contributed by atoms with Crippen LogP contribution in [-0.4, -0.2) is 33.4 Å². The Bertz CT molecular complexity index is 1170. The average Bonchev–Trinajstić information content (AvgIpc) is 3.31. The summed E-state index contributed by atoms with van der Waals surface area (Å²) >= 11 is 1.48. The van der Waals surface area contributed by atoms with Crippen molar-refractivity contribution in [1.82, 2.24) is 20.5 Å². The number of aryl methyl sites for hydroxylation is 1. The molecule has 0 atom stereocenters. The van der Waals surface area contributed by atoms with Crippen LogP contribution in [0.1, 0.15) is 16.8 Å². The molecule has 146 valence electrons. The number of carbonyl (C=O) groups is 2. The Hall–Kier alpha value is -3.39. The first-order valence-corrected chi connectivity index (χ1v) is 9.91. The van der Waals surface area contributed by atoms with Gasteiger partial charge in [0.05, 0.1) is 29.6 Å². The summed E-state index contributed by atoms with van der Waals surface area (Å²) in [5.74, 6) is 0.214. The molecule has 0 aliphatic rings. The van der Waals surface area contributed by atoms with Crippen LogP contribution in [0.15, 0.2) is 52.9 Å². The van der Waals surface area contributed by atoms with Crippen LogP contribution in [0.4, 0.5) is 0 Å². The Balaban J connectivity index is 1.36. The second-order valence-corrected chi connectivity index (χ2v) is 7.66. The number of Topliss-reactive ketones (excluding diaryl/α,β-unsaturated/α-hetero) is 1. The molecule has 0 fully saturated rings. The smallest absolute Gasteiger partial charge is 0.227 e. The minimum Gasteiger partial charge on any atom is -0.425 e. The number of rotatable bonds is 7. The summed E-state index contributed by atoms with van der Waals surface area (Å²) in [6.07, 6.45) is 0.136. The molecule has 4 aromatic rings. The van der Waals surface area contributed by atoms with Gasteiger partial charge in [-0.2, -0.15) is 0 Å². The second-order valence-electron chi connectivity index (χ2n) is 6.54. The van der Waals surface area contributed by atoms with Gasteiger partial charge in [0.1, 0.15) is 5.01 Å². The first-order valence-electron chi connectivity index (χ1n) is 9.09. The van der Waals surface area contributed by atoms with E-state index >= 15 is 0 Å². The fourth-order valence-corrected chi connectivity index (χ4v) is 3.90. The molecule has 0 aliphatic heterocycles. The first kappa shape index (κ1) is 18.9. The van der Waals surface area contributed by atoms with E-state index in [2.05, 4.69) is 38.7 Å². The zero-order valence-corrected chi connectivity index (χ0v) is 16.5. The van der Waals surface area contributed by atoms with Crippen molar-refractivity contribution in [3.8, 4) is 11.1 Å². The van der Waals surface area contributed by atoms with Crippen LogP contribution < -0.4 is 5.32 Å². The average molecular weight is 406 g/mol. The third-order valence-corrected chi connectivity index (χ3v) is 5.27. The van der Waals surface area contributed by atoms with Crippen molar-refractivity contribution in [2.24, 2.45) is 0 Å². The Kier molecular flexibility index (Phi) is 5.44. The quantitative estimate of drug-likeness (QED) is 0.506. The van der Waals surface area contributed by atoms with Crippen LogP contribution in [0.2, 0.25) is 0 Å². The number of ketones is 1. The number of amides is 1. The number of benzene rings is 2. The monoisotopic (exact) mass is 406 g/mol. The summed E-state index contributed by atoms with van der Waals surface area (Å²) < 4.78 is 6.19. The van der Waals surface area contributed by atoms with Gasteiger partial charge in [-0.05, 0) is 23.3 Å². The number of thiazole rings is 1. The molecule has 2 heterocycles. The lowest BCUT2D eigenvalue weighted by Crippen LogP contribution is -2.31. The van der Waals surface area contributed by atoms with Gasteiger partial charge in [0.15, 0.2) is 5.78 Å². The van der Waals surface area contributed by atoms with Crippen LogP contribution in [0, 0.1) is 6.92 Å². The topological polar surface area (TPSA) is 98.0 Å². The molecular formula is C21H18N4O3S. The van der Waals surface area contributed by atoms with E-state index in [0.717, 1.165) is 21.3 Å². The zero-order valence-electron chi connectivity index (χ0n) is 15.7. The highest BCUT2D eigenvalue weighted by atomic mass is 32.1. The highest BCUT2D eigenvalue weighted by Crippen LogP contribution is 2.28. The number of aromatic nitrogens is 3. The highest BCUT2D eigenvalue weighted by molar-refractivity contribution is 7.18. The summed E-state index contributed by atoms with van der Waals surface area (Å²) in [7, 11) is 0. The Morgan fingerprint density at radius 2 is 1.86 bits per heavy atom. The highest BCUT2D eigenvalue weighted by Gasteiger charge is 2.13. The van der Waals surface area contributed by atoms with Gasteiger partial charge in [-0.1, -0.05) is 36.4 Å². The van der Waals surface area contributed by atoms with E-state index in [0.29, 0.717) is 10.9 Å². The van der Waals surface area contributed by atoms with Crippen LogP contribution >= 0.6 is 11.3 Å². The van der Waals surface area contributed by atoms with Crippen molar-refractivity contribution >= 4 is 33.2 Å². The Labute approximate surface area is 170 Å². The standard InChI is InChI=1S/C21H18N4O3S/c1-13-24-25-20(28-13)10-16(26)12-22-19(27)11-21-23-17-8-7-15(9-18(17)29-21)14-5-3-2-4-6-14/h2-9H,10-12H2,1H3,(H,22,27). The fourth-order valence-electron chi connectivity index (χ4n) is 2.90. The minimum atomic E-state index is -0.248. The molecule has 2 aromatic carbocycles. The fraction of sp³-hybridized carbons (Fsp3) is 0.190. The van der Waals surface area contributed by atoms with Gasteiger partial charge in [0.25, 0.3) is 0 Å². The van der Waals surface area contributed by atoms with E-state index in [9.17, 15) is 9.59 Å². The summed E-state index contributed by atoms with van der Waals surface area (Å²) in [5, 5.41) is 10.8. The SMILES string of the molecule is Cc1nnc(CC(=O)CNC(=O)Cc2nc3ccc(-c4ccccc4)cc3s2)o1. The molecule has 0 radical (unpaired) electrons. The van der Waals surface area contributed by atoms with Crippen molar-refractivity contribution in [2.45, 2.75) is 19.8 Å². The van der Waals surface area contributed by atoms with E-state index in [1.54, 1.807) is 6.92 Å². The maximum Gasteiger partial charge on any atom is 0.227 e. The van der Waals surface area contributed by atoms with Crippen LogP contribution in [0.25, 0.3) is 21.3 Å². The van der Waals surface area contributed by atoms with Crippen molar-refractivity contribution in [2.75, 3.05) is 6.54 Å². The van der Waals surface area contributed by atoms with E-state index < -0.39 is 0 Å². The molecule has 0 saturated heterocycles. The van der Waals surface area contributed by atoms with E-state index in [-0.39, 0.29) is 37.0 Å². The largest absolute Gasteiger partial charge is 0.425 e. The molecule has 1 N–H and O–H groups in total. The van der Waals surface area contributed by atoms with Crippen molar-refractivity contribution < 1.29 is 14.0 Å². The molecule has 4 rings (SSSR count). The van der Waals surface area contributed by atoms with E-state index in [1.165, 1.54) is 11.3 Å². The second kappa shape index (κ2) is 8.32. The summed E-state index contributed by atoms with van der Waals surface area (Å²) in [5.41, 5.74) is 3.11. The predicted molar refractivity (Wildman–Crippen MR) is 110 cm³/mol. The summed E-state index contributed by atoms with van der Waals surface area (Å²) in [6, 6.07) is 16.2. The van der Waals surface area contributed by atoms with Crippen molar-refractivity contribution in [3.63, 3.8) is 0 Å².